The molecule has 150 valence electrons. The van der Waals surface area contributed by atoms with Gasteiger partial charge >= 0.3 is 0 Å². The van der Waals surface area contributed by atoms with E-state index in [4.69, 9.17) is 5.73 Å². The van der Waals surface area contributed by atoms with Crippen LogP contribution >= 0.6 is 0 Å². The number of nitrogens with one attached hydrogen (secondary N) is 2. The third-order valence-corrected chi connectivity index (χ3v) is 6.24. The van der Waals surface area contributed by atoms with E-state index in [0.29, 0.717) is 30.5 Å². The summed E-state index contributed by atoms with van der Waals surface area (Å²) in [5, 5.41) is 5.87. The van der Waals surface area contributed by atoms with Crippen molar-refractivity contribution >= 4 is 17.7 Å². The van der Waals surface area contributed by atoms with Crippen LogP contribution in [0.2, 0.25) is 0 Å². The van der Waals surface area contributed by atoms with Gasteiger partial charge in [0.1, 0.15) is 6.04 Å². The molecule has 3 aliphatic rings. The Morgan fingerprint density at radius 3 is 2.64 bits per heavy atom. The van der Waals surface area contributed by atoms with E-state index in [0.717, 1.165) is 37.1 Å². The Hall–Kier alpha value is -2.25. The number of rotatable bonds is 5. The van der Waals surface area contributed by atoms with Crippen LogP contribution < -0.4 is 16.4 Å². The molecule has 1 saturated heterocycles. The quantitative estimate of drug-likeness (QED) is 0.659. The average Bonchev–Trinajstić information content (AvgIpc) is 2.99. The minimum atomic E-state index is -0.558. The van der Waals surface area contributed by atoms with Gasteiger partial charge in [-0.3, -0.25) is 19.7 Å². The van der Waals surface area contributed by atoms with E-state index in [-0.39, 0.29) is 24.1 Å². The first-order chi connectivity index (χ1) is 13.5. The number of nitrogens with two attached hydrogens (primary N) is 1. The second kappa shape index (κ2) is 8.01. The number of hydrogen-bond acceptors (Lipinski definition) is 5. The molecule has 1 saturated carbocycles. The minimum absolute atomic E-state index is 0.123. The highest BCUT2D eigenvalue weighted by Crippen LogP contribution is 2.28. The predicted molar refractivity (Wildman–Crippen MR) is 104 cm³/mol. The van der Waals surface area contributed by atoms with Gasteiger partial charge in [0.2, 0.25) is 11.8 Å². The molecule has 4 rings (SSSR count). The lowest BCUT2D eigenvalue weighted by Gasteiger charge is -2.29. The molecular formula is C21H28N4O3. The Labute approximate surface area is 165 Å². The van der Waals surface area contributed by atoms with Crippen molar-refractivity contribution in [2.24, 2.45) is 11.7 Å². The third kappa shape index (κ3) is 3.95. The maximum atomic E-state index is 12.7. The first-order valence-electron chi connectivity index (χ1n) is 10.2. The van der Waals surface area contributed by atoms with Crippen molar-refractivity contribution in [1.82, 2.24) is 15.5 Å². The fraction of sp³-hybridized carbons (Fsp3) is 0.571. The molecule has 2 fully saturated rings. The van der Waals surface area contributed by atoms with Crippen molar-refractivity contribution < 1.29 is 14.4 Å². The Bertz CT molecular complexity index is 786. The van der Waals surface area contributed by atoms with Crippen molar-refractivity contribution in [2.45, 2.75) is 63.7 Å². The molecule has 2 heterocycles. The number of carbonyl (C=O) groups excluding carboxylic acids is 3. The molecule has 2 aliphatic heterocycles. The molecule has 0 aromatic heterocycles. The fourth-order valence-corrected chi connectivity index (χ4v) is 4.55. The molecule has 1 unspecified atom stereocenters. The second-order valence-corrected chi connectivity index (χ2v) is 8.30. The molecule has 0 bridgehead atoms. The smallest absolute Gasteiger partial charge is 0.255 e. The first kappa shape index (κ1) is 19.1. The van der Waals surface area contributed by atoms with Crippen LogP contribution in [0.5, 0.6) is 0 Å². The lowest BCUT2D eigenvalue weighted by atomic mass is 9.86. The molecule has 7 heteroatoms. The van der Waals surface area contributed by atoms with E-state index < -0.39 is 6.04 Å². The monoisotopic (exact) mass is 384 g/mol. The van der Waals surface area contributed by atoms with Crippen molar-refractivity contribution in [3.05, 3.63) is 34.9 Å². The topological polar surface area (TPSA) is 105 Å². The highest BCUT2D eigenvalue weighted by molar-refractivity contribution is 6.05. The van der Waals surface area contributed by atoms with Crippen molar-refractivity contribution in [1.29, 1.82) is 0 Å². The number of benzene rings is 1. The van der Waals surface area contributed by atoms with E-state index in [9.17, 15) is 14.4 Å². The molecule has 28 heavy (non-hydrogen) atoms. The third-order valence-electron chi connectivity index (χ3n) is 6.24. The van der Waals surface area contributed by atoms with Crippen LogP contribution in [0.4, 0.5) is 0 Å². The van der Waals surface area contributed by atoms with E-state index in [2.05, 4.69) is 16.7 Å². The van der Waals surface area contributed by atoms with Crippen molar-refractivity contribution in [2.75, 3.05) is 6.54 Å². The maximum Gasteiger partial charge on any atom is 0.255 e. The van der Waals surface area contributed by atoms with Gasteiger partial charge in [0, 0.05) is 31.1 Å². The summed E-state index contributed by atoms with van der Waals surface area (Å²) in [7, 11) is 0. The molecule has 7 nitrogen and oxygen atoms in total. The molecular weight excluding hydrogens is 356 g/mol. The highest BCUT2D eigenvalue weighted by atomic mass is 16.2. The van der Waals surface area contributed by atoms with E-state index in [1.165, 1.54) is 12.8 Å². The second-order valence-electron chi connectivity index (χ2n) is 8.30. The lowest BCUT2D eigenvalue weighted by Crippen LogP contribution is -2.52. The highest BCUT2D eigenvalue weighted by Gasteiger charge is 2.39. The summed E-state index contributed by atoms with van der Waals surface area (Å²) >= 11 is 0. The van der Waals surface area contributed by atoms with Gasteiger partial charge in [-0.25, -0.2) is 0 Å². The van der Waals surface area contributed by atoms with Crippen LogP contribution in [-0.2, 0) is 22.7 Å². The summed E-state index contributed by atoms with van der Waals surface area (Å²) in [5.41, 5.74) is 8.73. The maximum absolute atomic E-state index is 12.7. The average molecular weight is 384 g/mol. The zero-order chi connectivity index (χ0) is 19.7. The Balaban J connectivity index is 1.34. The zero-order valence-electron chi connectivity index (χ0n) is 16.1. The fourth-order valence-electron chi connectivity index (χ4n) is 4.55. The van der Waals surface area contributed by atoms with E-state index >= 15 is 0 Å². The summed E-state index contributed by atoms with van der Waals surface area (Å²) in [5.74, 6) is -0.0633. The van der Waals surface area contributed by atoms with Crippen molar-refractivity contribution in [3.63, 3.8) is 0 Å². The molecule has 3 amide bonds. The SMILES string of the molecule is NC1CCC(CNCc2ccc3c(c2)CN(C2CCC(=O)NC2=O)C3=O)CC1. The van der Waals surface area contributed by atoms with Gasteiger partial charge in [-0.1, -0.05) is 12.1 Å². The molecule has 0 radical (unpaired) electrons. The minimum Gasteiger partial charge on any atom is -0.328 e. The van der Waals surface area contributed by atoms with Crippen LogP contribution in [-0.4, -0.2) is 41.2 Å². The number of imide groups is 1. The standard InChI is InChI=1S/C21H28N4O3/c22-16-4-1-13(2-5-16)10-23-11-14-3-6-17-15(9-14)12-25(21(17)28)18-7-8-19(26)24-20(18)27/h3,6,9,13,16,18,23H,1-2,4-5,7-8,10-12,22H2,(H,24,26,27). The predicted octanol–water partition coefficient (Wildman–Crippen LogP) is 1.05. The number of amides is 3. The number of nitrogens with zero attached hydrogens (tertiary/aromatic N) is 1. The summed E-state index contributed by atoms with van der Waals surface area (Å²) in [6, 6.07) is 5.71. The number of hydrogen-bond donors (Lipinski definition) is 3. The summed E-state index contributed by atoms with van der Waals surface area (Å²) in [6.07, 6.45) is 5.27. The van der Waals surface area contributed by atoms with Gasteiger partial charge < -0.3 is 16.0 Å². The normalized spacial score (nSPS) is 27.7. The van der Waals surface area contributed by atoms with Gasteiger partial charge in [-0.2, -0.15) is 0 Å². The van der Waals surface area contributed by atoms with Crippen LogP contribution in [0, 0.1) is 5.92 Å². The van der Waals surface area contributed by atoms with Gasteiger partial charge in [0.05, 0.1) is 0 Å². The van der Waals surface area contributed by atoms with Crippen LogP contribution in [0.25, 0.3) is 0 Å². The Morgan fingerprint density at radius 1 is 1.11 bits per heavy atom. The molecule has 1 aromatic carbocycles. The van der Waals surface area contributed by atoms with Crippen molar-refractivity contribution in [3.8, 4) is 0 Å². The molecule has 1 atom stereocenters. The van der Waals surface area contributed by atoms with Gasteiger partial charge in [-0.05, 0) is 61.8 Å². The molecule has 1 aromatic rings. The molecule has 1 aliphatic carbocycles. The Kier molecular flexibility index (Phi) is 5.46. The number of piperidine rings is 1. The van der Waals surface area contributed by atoms with Crippen LogP contribution in [0.15, 0.2) is 18.2 Å². The number of carbonyl (C=O) groups is 3. The number of fused-ring (bicyclic) bond motifs is 1. The Morgan fingerprint density at radius 2 is 1.89 bits per heavy atom. The first-order valence-corrected chi connectivity index (χ1v) is 10.2. The summed E-state index contributed by atoms with van der Waals surface area (Å²) in [6.45, 7) is 2.18. The largest absolute Gasteiger partial charge is 0.328 e. The van der Waals surface area contributed by atoms with Crippen LogP contribution in [0.1, 0.15) is 60.0 Å². The molecule has 4 N–H and O–H groups in total. The van der Waals surface area contributed by atoms with Gasteiger partial charge in [0.15, 0.2) is 0 Å². The van der Waals surface area contributed by atoms with Gasteiger partial charge in [-0.15, -0.1) is 0 Å². The van der Waals surface area contributed by atoms with E-state index in [1.54, 1.807) is 4.90 Å². The lowest BCUT2D eigenvalue weighted by molar-refractivity contribution is -0.136. The summed E-state index contributed by atoms with van der Waals surface area (Å²) < 4.78 is 0. The molecule has 0 spiro atoms. The van der Waals surface area contributed by atoms with E-state index in [1.807, 2.05) is 12.1 Å². The summed E-state index contributed by atoms with van der Waals surface area (Å²) in [4.78, 5) is 37.8. The zero-order valence-corrected chi connectivity index (χ0v) is 16.1. The van der Waals surface area contributed by atoms with Gasteiger partial charge in [0.25, 0.3) is 5.91 Å². The van der Waals surface area contributed by atoms with Crippen LogP contribution in [0.3, 0.4) is 0 Å².